The molecule has 0 saturated carbocycles. The fraction of sp³-hybridized carbons (Fsp3) is 0.538. The molecule has 2 nitrogen and oxygen atoms in total. The molecule has 0 atom stereocenters. The number of hydrogen-bond acceptors (Lipinski definition) is 2. The molecule has 0 unspecified atom stereocenters. The van der Waals surface area contributed by atoms with Crippen molar-refractivity contribution in [3.63, 3.8) is 0 Å². The third-order valence-electron chi connectivity index (χ3n) is 2.53. The molecule has 0 aromatic heterocycles. The molecule has 1 N–H and O–H groups in total. The van der Waals surface area contributed by atoms with Crippen molar-refractivity contribution in [3.05, 3.63) is 34.1 Å². The van der Waals surface area contributed by atoms with E-state index in [1.54, 1.807) is 13.2 Å². The van der Waals surface area contributed by atoms with Crippen LogP contribution in [-0.4, -0.2) is 20.3 Å². The minimum atomic E-state index is -0.208. The van der Waals surface area contributed by atoms with Crippen LogP contribution in [0.4, 0.5) is 4.39 Å². The molecule has 0 heterocycles. The fourth-order valence-corrected chi connectivity index (χ4v) is 2.05. The molecule has 4 heteroatoms. The topological polar surface area (TPSA) is 21.3 Å². The van der Waals surface area contributed by atoms with Crippen molar-refractivity contribution in [2.75, 3.05) is 20.3 Å². The van der Waals surface area contributed by atoms with Gasteiger partial charge >= 0.3 is 0 Å². The number of hydrogen-bond donors (Lipinski definition) is 1. The molecule has 1 aromatic carbocycles. The quantitative estimate of drug-likeness (QED) is 0.742. The summed E-state index contributed by atoms with van der Waals surface area (Å²) in [6.07, 6.45) is 3.42. The van der Waals surface area contributed by atoms with E-state index in [2.05, 4.69) is 21.2 Å². The van der Waals surface area contributed by atoms with Gasteiger partial charge in [-0.1, -0.05) is 22.0 Å². The molecule has 0 aliphatic carbocycles. The Hall–Kier alpha value is -0.450. The van der Waals surface area contributed by atoms with E-state index in [0.29, 0.717) is 0 Å². The predicted octanol–water partition coefficient (Wildman–Crippen LogP) is 3.49. The van der Waals surface area contributed by atoms with Crippen molar-refractivity contribution in [2.24, 2.45) is 0 Å². The molecule has 0 aliphatic rings. The molecule has 0 amide bonds. The highest BCUT2D eigenvalue weighted by molar-refractivity contribution is 9.10. The first kappa shape index (κ1) is 14.6. The van der Waals surface area contributed by atoms with E-state index in [0.717, 1.165) is 42.6 Å². The lowest BCUT2D eigenvalue weighted by Crippen LogP contribution is -2.15. The Kier molecular flexibility index (Phi) is 7.40. The normalized spacial score (nSPS) is 10.8. The van der Waals surface area contributed by atoms with E-state index in [1.807, 2.05) is 0 Å². The minimum absolute atomic E-state index is 0.208. The number of rotatable bonds is 8. The lowest BCUT2D eigenvalue weighted by molar-refractivity contribution is 0.192. The lowest BCUT2D eigenvalue weighted by atomic mass is 10.2. The predicted molar refractivity (Wildman–Crippen MR) is 71.5 cm³/mol. The molecule has 1 rings (SSSR count). The third kappa shape index (κ3) is 6.15. The second-order valence-corrected chi connectivity index (χ2v) is 4.82. The maximum Gasteiger partial charge on any atom is 0.124 e. The van der Waals surface area contributed by atoms with Crippen LogP contribution in [-0.2, 0) is 11.3 Å². The molecule has 0 saturated heterocycles. The first-order valence-electron chi connectivity index (χ1n) is 5.87. The second-order valence-electron chi connectivity index (χ2n) is 3.97. The van der Waals surface area contributed by atoms with Crippen molar-refractivity contribution in [3.8, 4) is 0 Å². The first-order chi connectivity index (χ1) is 8.24. The lowest BCUT2D eigenvalue weighted by Gasteiger charge is -2.07. The number of halogens is 2. The van der Waals surface area contributed by atoms with Crippen LogP contribution in [0.1, 0.15) is 24.8 Å². The van der Waals surface area contributed by atoms with Gasteiger partial charge in [-0.05, 0) is 43.5 Å². The molecule has 0 radical (unpaired) electrons. The maximum absolute atomic E-state index is 12.8. The fourth-order valence-electron chi connectivity index (χ4n) is 1.56. The van der Waals surface area contributed by atoms with Crippen LogP contribution >= 0.6 is 15.9 Å². The number of nitrogens with one attached hydrogen (secondary N) is 1. The zero-order valence-corrected chi connectivity index (χ0v) is 11.7. The summed E-state index contributed by atoms with van der Waals surface area (Å²) in [7, 11) is 1.73. The highest BCUT2D eigenvalue weighted by atomic mass is 79.9. The van der Waals surface area contributed by atoms with E-state index in [9.17, 15) is 4.39 Å². The van der Waals surface area contributed by atoms with Gasteiger partial charge in [0.25, 0.3) is 0 Å². The van der Waals surface area contributed by atoms with Crippen molar-refractivity contribution in [1.82, 2.24) is 5.32 Å². The van der Waals surface area contributed by atoms with E-state index in [1.165, 1.54) is 18.6 Å². The van der Waals surface area contributed by atoms with Crippen LogP contribution in [0.25, 0.3) is 0 Å². The summed E-state index contributed by atoms with van der Waals surface area (Å²) < 4.78 is 18.7. The first-order valence-corrected chi connectivity index (χ1v) is 6.67. The molecule has 17 heavy (non-hydrogen) atoms. The molecular formula is C13H19BrFNO. The van der Waals surface area contributed by atoms with Crippen molar-refractivity contribution < 1.29 is 9.13 Å². The summed E-state index contributed by atoms with van der Waals surface area (Å²) in [5.74, 6) is -0.208. The SMILES string of the molecule is COCCCCCNCc1ccc(F)cc1Br. The summed E-state index contributed by atoms with van der Waals surface area (Å²) in [5.41, 5.74) is 1.09. The average molecular weight is 304 g/mol. The van der Waals surface area contributed by atoms with Gasteiger partial charge in [-0.15, -0.1) is 0 Å². The van der Waals surface area contributed by atoms with Crippen LogP contribution in [0.3, 0.4) is 0 Å². The van der Waals surface area contributed by atoms with Gasteiger partial charge in [-0.25, -0.2) is 4.39 Å². The van der Waals surface area contributed by atoms with Crippen LogP contribution in [0, 0.1) is 5.82 Å². The minimum Gasteiger partial charge on any atom is -0.385 e. The van der Waals surface area contributed by atoms with Crippen LogP contribution in [0.2, 0.25) is 0 Å². The van der Waals surface area contributed by atoms with Crippen LogP contribution in [0.15, 0.2) is 22.7 Å². The molecule has 0 spiro atoms. The van der Waals surface area contributed by atoms with Crippen LogP contribution < -0.4 is 5.32 Å². The number of benzene rings is 1. The largest absolute Gasteiger partial charge is 0.385 e. The standard InChI is InChI=1S/C13H19BrFNO/c1-17-8-4-2-3-7-16-10-11-5-6-12(15)9-13(11)14/h5-6,9,16H,2-4,7-8,10H2,1H3. The van der Waals surface area contributed by atoms with Gasteiger partial charge in [-0.2, -0.15) is 0 Å². The van der Waals surface area contributed by atoms with Gasteiger partial charge in [0.15, 0.2) is 0 Å². The molecular weight excluding hydrogens is 285 g/mol. The summed E-state index contributed by atoms with van der Waals surface area (Å²) in [6.45, 7) is 2.59. The van der Waals surface area contributed by atoms with Crippen molar-refractivity contribution >= 4 is 15.9 Å². The van der Waals surface area contributed by atoms with E-state index < -0.39 is 0 Å². The Labute approximate surface area is 111 Å². The summed E-state index contributed by atoms with van der Waals surface area (Å²) in [5, 5.41) is 3.35. The Morgan fingerprint density at radius 3 is 2.82 bits per heavy atom. The molecule has 1 aromatic rings. The Bertz CT molecular complexity index is 333. The summed E-state index contributed by atoms with van der Waals surface area (Å²) in [4.78, 5) is 0. The van der Waals surface area contributed by atoms with Gasteiger partial charge in [0.1, 0.15) is 5.82 Å². The van der Waals surface area contributed by atoms with Gasteiger partial charge in [-0.3, -0.25) is 0 Å². The number of unbranched alkanes of at least 4 members (excludes halogenated alkanes) is 2. The Balaban J connectivity index is 2.14. The number of ether oxygens (including phenoxy) is 1. The second kappa shape index (κ2) is 8.61. The van der Waals surface area contributed by atoms with Crippen molar-refractivity contribution in [2.45, 2.75) is 25.8 Å². The van der Waals surface area contributed by atoms with Gasteiger partial charge < -0.3 is 10.1 Å². The summed E-state index contributed by atoms with van der Waals surface area (Å²) in [6, 6.07) is 4.79. The molecule has 0 fully saturated rings. The van der Waals surface area contributed by atoms with Gasteiger partial charge in [0.2, 0.25) is 0 Å². The smallest absolute Gasteiger partial charge is 0.124 e. The van der Waals surface area contributed by atoms with Gasteiger partial charge in [0.05, 0.1) is 0 Å². The highest BCUT2D eigenvalue weighted by Crippen LogP contribution is 2.17. The van der Waals surface area contributed by atoms with Crippen LogP contribution in [0.5, 0.6) is 0 Å². The third-order valence-corrected chi connectivity index (χ3v) is 3.27. The van der Waals surface area contributed by atoms with E-state index in [-0.39, 0.29) is 5.82 Å². The molecule has 96 valence electrons. The summed E-state index contributed by atoms with van der Waals surface area (Å²) >= 11 is 3.35. The van der Waals surface area contributed by atoms with E-state index >= 15 is 0 Å². The maximum atomic E-state index is 12.8. The zero-order valence-electron chi connectivity index (χ0n) is 10.1. The highest BCUT2D eigenvalue weighted by Gasteiger charge is 2.00. The van der Waals surface area contributed by atoms with Crippen molar-refractivity contribution in [1.29, 1.82) is 0 Å². The Morgan fingerprint density at radius 1 is 1.29 bits per heavy atom. The Morgan fingerprint density at radius 2 is 2.12 bits per heavy atom. The van der Waals surface area contributed by atoms with Gasteiger partial charge in [0, 0.05) is 24.7 Å². The molecule has 0 bridgehead atoms. The molecule has 0 aliphatic heterocycles. The van der Waals surface area contributed by atoms with E-state index in [4.69, 9.17) is 4.74 Å². The monoisotopic (exact) mass is 303 g/mol. The number of methoxy groups -OCH3 is 1. The zero-order chi connectivity index (χ0) is 12.5. The average Bonchev–Trinajstić information content (AvgIpc) is 2.30.